The van der Waals surface area contributed by atoms with Gasteiger partial charge in [-0.3, -0.25) is 4.79 Å². The zero-order valence-corrected chi connectivity index (χ0v) is 25.7. The number of esters is 2. The highest BCUT2D eigenvalue weighted by Crippen LogP contribution is 2.24. The first-order valence-electron chi connectivity index (χ1n) is 14.0. The van der Waals surface area contributed by atoms with Crippen LogP contribution in [0.25, 0.3) is 0 Å². The van der Waals surface area contributed by atoms with Crippen LogP contribution in [0.5, 0.6) is 0 Å². The summed E-state index contributed by atoms with van der Waals surface area (Å²) in [6.45, 7) is 17.1. The number of anilines is 1. The van der Waals surface area contributed by atoms with E-state index in [2.05, 4.69) is 21.3 Å². The number of unbranched alkanes of at least 4 members (excludes halogenated alkanes) is 1. The van der Waals surface area contributed by atoms with Crippen LogP contribution in [-0.4, -0.2) is 53.8 Å². The molecule has 2 atom stereocenters. The zero-order chi connectivity index (χ0) is 30.6. The number of carbonyl (C=O) groups is 4. The molecule has 226 valence electrons. The van der Waals surface area contributed by atoms with Crippen LogP contribution in [0.15, 0.2) is 30.3 Å². The standard InChI is InChI=1S/C30H50N4O6/c1-28(2,3)23(18-19-24(35)39-29(4,5)6)34-27(38)33-22(25(36)40-30(7,8)9)17-13-14-20-31-26(37)32-21-15-11-10-12-16-21/h10-12,15-16,22-23H,13-14,17-20H2,1-9H3,(H2,31,32,37)(H2,33,34,38). The van der Waals surface area contributed by atoms with Crippen LogP contribution in [0.3, 0.4) is 0 Å². The molecule has 4 amide bonds. The van der Waals surface area contributed by atoms with Crippen molar-refractivity contribution in [3.8, 4) is 0 Å². The summed E-state index contributed by atoms with van der Waals surface area (Å²) in [5.41, 5.74) is -0.945. The number of hydrogen-bond donors (Lipinski definition) is 4. The van der Waals surface area contributed by atoms with E-state index in [9.17, 15) is 19.2 Å². The summed E-state index contributed by atoms with van der Waals surface area (Å²) in [5.74, 6) is -0.861. The lowest BCUT2D eigenvalue weighted by Gasteiger charge is -2.32. The summed E-state index contributed by atoms with van der Waals surface area (Å²) in [7, 11) is 0. The summed E-state index contributed by atoms with van der Waals surface area (Å²) >= 11 is 0. The quantitative estimate of drug-likeness (QED) is 0.196. The second kappa shape index (κ2) is 15.5. The third-order valence-corrected chi connectivity index (χ3v) is 5.64. The summed E-state index contributed by atoms with van der Waals surface area (Å²) in [6, 6.07) is 7.09. The molecule has 0 aliphatic carbocycles. The molecule has 1 aromatic carbocycles. The van der Waals surface area contributed by atoms with Crippen molar-refractivity contribution < 1.29 is 28.7 Å². The van der Waals surface area contributed by atoms with Crippen LogP contribution in [0.4, 0.5) is 15.3 Å². The molecule has 4 N–H and O–H groups in total. The SMILES string of the molecule is CC(C)(C)OC(=O)CCC(NC(=O)NC(CCCCNC(=O)Nc1ccccc1)C(=O)OC(C)(C)C)C(C)(C)C. The topological polar surface area (TPSA) is 135 Å². The monoisotopic (exact) mass is 562 g/mol. The van der Waals surface area contributed by atoms with E-state index in [4.69, 9.17) is 9.47 Å². The molecule has 0 aliphatic heterocycles. The van der Waals surface area contributed by atoms with Crippen molar-refractivity contribution in [3.05, 3.63) is 30.3 Å². The van der Waals surface area contributed by atoms with Gasteiger partial charge in [-0.1, -0.05) is 39.0 Å². The molecule has 0 aliphatic rings. The highest BCUT2D eigenvalue weighted by Gasteiger charge is 2.31. The lowest BCUT2D eigenvalue weighted by Crippen LogP contribution is -2.53. The molecule has 2 unspecified atom stereocenters. The van der Waals surface area contributed by atoms with Crippen LogP contribution < -0.4 is 21.3 Å². The first-order valence-corrected chi connectivity index (χ1v) is 14.0. The first-order chi connectivity index (χ1) is 18.4. The molecule has 40 heavy (non-hydrogen) atoms. The minimum Gasteiger partial charge on any atom is -0.460 e. The Bertz CT molecular complexity index is 961. The Labute approximate surface area is 239 Å². The van der Waals surface area contributed by atoms with Crippen molar-refractivity contribution in [3.63, 3.8) is 0 Å². The second-order valence-electron chi connectivity index (χ2n) is 13.0. The summed E-state index contributed by atoms with van der Waals surface area (Å²) in [5, 5.41) is 11.2. The number of benzene rings is 1. The number of hydrogen-bond acceptors (Lipinski definition) is 6. The Morgan fingerprint density at radius 2 is 1.35 bits per heavy atom. The van der Waals surface area contributed by atoms with Gasteiger partial charge in [0.15, 0.2) is 0 Å². The van der Waals surface area contributed by atoms with Gasteiger partial charge in [-0.2, -0.15) is 0 Å². The van der Waals surface area contributed by atoms with E-state index >= 15 is 0 Å². The number of para-hydroxylation sites is 1. The molecule has 0 fully saturated rings. The van der Waals surface area contributed by atoms with Crippen molar-refractivity contribution in [1.29, 1.82) is 0 Å². The maximum absolute atomic E-state index is 13.0. The van der Waals surface area contributed by atoms with Gasteiger partial charge >= 0.3 is 24.0 Å². The maximum atomic E-state index is 13.0. The Kier molecular flexibility index (Phi) is 13.4. The third kappa shape index (κ3) is 16.0. The van der Waals surface area contributed by atoms with E-state index in [0.717, 1.165) is 0 Å². The molecule has 1 rings (SSSR count). The second-order valence-corrected chi connectivity index (χ2v) is 13.0. The van der Waals surface area contributed by atoms with Gasteiger partial charge in [0.2, 0.25) is 0 Å². The normalized spacial score (nSPS) is 13.4. The molecule has 0 bridgehead atoms. The van der Waals surface area contributed by atoms with E-state index in [0.29, 0.717) is 37.9 Å². The Morgan fingerprint density at radius 3 is 1.90 bits per heavy atom. The van der Waals surface area contributed by atoms with Crippen molar-refractivity contribution in [2.45, 2.75) is 118 Å². The summed E-state index contributed by atoms with van der Waals surface area (Å²) in [4.78, 5) is 50.2. The van der Waals surface area contributed by atoms with E-state index in [1.807, 2.05) is 59.7 Å². The van der Waals surface area contributed by atoms with Gasteiger partial charge in [0.1, 0.15) is 17.2 Å². The van der Waals surface area contributed by atoms with Crippen LogP contribution >= 0.6 is 0 Å². The lowest BCUT2D eigenvalue weighted by molar-refractivity contribution is -0.157. The van der Waals surface area contributed by atoms with Gasteiger partial charge in [0.25, 0.3) is 0 Å². The van der Waals surface area contributed by atoms with Gasteiger partial charge < -0.3 is 30.7 Å². The predicted octanol–water partition coefficient (Wildman–Crippen LogP) is 5.52. The summed E-state index contributed by atoms with van der Waals surface area (Å²) in [6.07, 6.45) is 2.05. The van der Waals surface area contributed by atoms with Gasteiger partial charge in [-0.25, -0.2) is 14.4 Å². The Balaban J connectivity index is 2.69. The minimum atomic E-state index is -0.871. The largest absolute Gasteiger partial charge is 0.460 e. The lowest BCUT2D eigenvalue weighted by atomic mass is 9.84. The van der Waals surface area contributed by atoms with Crippen molar-refractivity contribution in [2.24, 2.45) is 5.41 Å². The zero-order valence-electron chi connectivity index (χ0n) is 25.7. The van der Waals surface area contributed by atoms with E-state index in [1.165, 1.54) is 0 Å². The number of rotatable bonds is 12. The van der Waals surface area contributed by atoms with E-state index in [1.54, 1.807) is 32.9 Å². The fourth-order valence-electron chi connectivity index (χ4n) is 3.73. The fraction of sp³-hybridized carbons (Fsp3) is 0.667. The molecule has 0 spiro atoms. The number of amides is 4. The van der Waals surface area contributed by atoms with Crippen LogP contribution in [-0.2, 0) is 19.1 Å². The van der Waals surface area contributed by atoms with Crippen molar-refractivity contribution in [1.82, 2.24) is 16.0 Å². The molecular formula is C30H50N4O6. The van der Waals surface area contributed by atoms with Crippen LogP contribution in [0.1, 0.15) is 94.4 Å². The van der Waals surface area contributed by atoms with E-state index in [-0.39, 0.29) is 29.9 Å². The predicted molar refractivity (Wildman–Crippen MR) is 157 cm³/mol. The molecular weight excluding hydrogens is 512 g/mol. The number of ether oxygens (including phenoxy) is 2. The molecule has 0 saturated carbocycles. The van der Waals surface area contributed by atoms with Gasteiger partial charge in [0.05, 0.1) is 0 Å². The Hall–Kier alpha value is -3.30. The molecule has 0 saturated heterocycles. The molecule has 10 heteroatoms. The minimum absolute atomic E-state index is 0.153. The van der Waals surface area contributed by atoms with Gasteiger partial charge in [-0.05, 0) is 84.8 Å². The number of urea groups is 2. The molecule has 10 nitrogen and oxygen atoms in total. The van der Waals surface area contributed by atoms with Gasteiger partial charge in [0, 0.05) is 24.7 Å². The van der Waals surface area contributed by atoms with Crippen LogP contribution in [0.2, 0.25) is 0 Å². The highest BCUT2D eigenvalue weighted by molar-refractivity contribution is 5.89. The van der Waals surface area contributed by atoms with Gasteiger partial charge in [-0.15, -0.1) is 0 Å². The van der Waals surface area contributed by atoms with E-state index < -0.39 is 29.2 Å². The average molecular weight is 563 g/mol. The third-order valence-electron chi connectivity index (χ3n) is 5.64. The molecule has 0 heterocycles. The van der Waals surface area contributed by atoms with Crippen LogP contribution in [0, 0.1) is 5.41 Å². The highest BCUT2D eigenvalue weighted by atomic mass is 16.6. The molecule has 1 aromatic rings. The average Bonchev–Trinajstić information content (AvgIpc) is 2.78. The molecule has 0 aromatic heterocycles. The number of nitrogens with one attached hydrogen (secondary N) is 4. The van der Waals surface area contributed by atoms with Crippen molar-refractivity contribution >= 4 is 29.7 Å². The van der Waals surface area contributed by atoms with Crippen molar-refractivity contribution in [2.75, 3.05) is 11.9 Å². The fourth-order valence-corrected chi connectivity index (χ4v) is 3.73. The summed E-state index contributed by atoms with van der Waals surface area (Å²) < 4.78 is 10.9. The first kappa shape index (κ1) is 34.7. The smallest absolute Gasteiger partial charge is 0.329 e. The number of carbonyl (C=O) groups excluding carboxylic acids is 4. The maximum Gasteiger partial charge on any atom is 0.329 e. The molecule has 0 radical (unpaired) electrons. The Morgan fingerprint density at radius 1 is 0.750 bits per heavy atom.